The first-order valence-electron chi connectivity index (χ1n) is 42.6. The van der Waals surface area contributed by atoms with Gasteiger partial charge in [0, 0.05) is 0 Å². The van der Waals surface area contributed by atoms with E-state index in [0.29, 0.717) is 25.0 Å². The molecule has 95 heavy (non-hydrogen) atoms. The third-order valence-electron chi connectivity index (χ3n) is 22.2. The minimum absolute atomic E-state index is 0.179. The Morgan fingerprint density at radius 3 is 0.716 bits per heavy atom. The number of hydrogen-bond donors (Lipinski definition) is 0. The minimum atomic E-state index is -1.48. The van der Waals surface area contributed by atoms with Crippen LogP contribution in [0.5, 0.6) is 11.5 Å². The molecular weight excluding hydrogens is 1200 g/mol. The van der Waals surface area contributed by atoms with E-state index in [4.69, 9.17) is 27.1 Å². The summed E-state index contributed by atoms with van der Waals surface area (Å²) in [5.41, 5.74) is 3.09. The van der Waals surface area contributed by atoms with Crippen molar-refractivity contribution in [3.05, 3.63) is 59.7 Å². The maximum absolute atomic E-state index is 6.91. The molecule has 0 bridgehead atoms. The van der Waals surface area contributed by atoms with Gasteiger partial charge in [0.1, 0.15) is 11.5 Å². The van der Waals surface area contributed by atoms with E-state index in [9.17, 15) is 0 Å². The van der Waals surface area contributed by atoms with Gasteiger partial charge in [0.05, 0.1) is 25.4 Å². The molecule has 2 saturated carbocycles. The molecule has 6 nitrogen and oxygen atoms in total. The average molecular weight is 1360 g/mol. The highest BCUT2D eigenvalue weighted by molar-refractivity contribution is 7.42. The summed E-state index contributed by atoms with van der Waals surface area (Å²) in [5.74, 6) is 3.13. The van der Waals surface area contributed by atoms with Gasteiger partial charge in [0.2, 0.25) is 0 Å². The molecule has 2 aliphatic carbocycles. The van der Waals surface area contributed by atoms with Gasteiger partial charge in [-0.25, -0.2) is 0 Å². The summed E-state index contributed by atoms with van der Waals surface area (Å²) < 4.78 is 40.3. The molecule has 0 amide bonds. The Bertz CT molecular complexity index is 1780. The van der Waals surface area contributed by atoms with E-state index >= 15 is 0 Å². The zero-order valence-corrected chi connectivity index (χ0v) is 65.8. The summed E-state index contributed by atoms with van der Waals surface area (Å²) in [6.45, 7) is 15.8. The summed E-state index contributed by atoms with van der Waals surface area (Å²) in [7, 11) is -2.95. The van der Waals surface area contributed by atoms with E-state index in [2.05, 4.69) is 90.1 Å². The fraction of sp³-hybridized carbons (Fsp3) is 0.862. The van der Waals surface area contributed by atoms with Crippen LogP contribution in [0.4, 0.5) is 0 Å². The van der Waals surface area contributed by atoms with Gasteiger partial charge in [-0.15, -0.1) is 0 Å². The normalized spacial score (nSPS) is 17.6. The molecule has 2 aromatic carbocycles. The van der Waals surface area contributed by atoms with Crippen LogP contribution in [0.25, 0.3) is 0 Å². The predicted molar refractivity (Wildman–Crippen MR) is 418 cm³/mol. The maximum Gasteiger partial charge on any atom is 0.397 e. The van der Waals surface area contributed by atoms with Crippen molar-refractivity contribution in [2.24, 2.45) is 17.3 Å². The van der Waals surface area contributed by atoms with E-state index < -0.39 is 17.2 Å². The standard InChI is InChI=1S/C87H158O6P2/c1-7-11-15-19-23-27-31-35-39-43-47-51-55-59-79-61-69-83(70-62-79)90-94(88-77-57-53-49-45-41-37-33-29-25-21-17-13-9-3)92-85-73-65-81(66-74-85)87(5,6)82-67-75-86(76-68-82)93-95(89-78-58-54-50-46-42-38-34-30-26-22-18-14-10-4)91-84-71-63-80(64-72-84)60-56-52-48-44-40-36-32-28-24-20-16-12-8-2/h61-64,69-72,81-82,85-86H,7-60,65-68,73-78H2,1-6H3. The van der Waals surface area contributed by atoms with Crippen LogP contribution < -0.4 is 9.05 Å². The Hall–Kier alpha value is -1.26. The van der Waals surface area contributed by atoms with Gasteiger partial charge < -0.3 is 18.1 Å². The highest BCUT2D eigenvalue weighted by Crippen LogP contribution is 2.53. The van der Waals surface area contributed by atoms with Crippen LogP contribution in [0, 0.1) is 17.3 Å². The van der Waals surface area contributed by atoms with Gasteiger partial charge in [0.25, 0.3) is 0 Å². The molecule has 552 valence electrons. The number of benzene rings is 2. The molecule has 4 rings (SSSR count). The van der Waals surface area contributed by atoms with E-state index in [0.717, 1.165) is 62.9 Å². The fourth-order valence-electron chi connectivity index (χ4n) is 15.4. The lowest BCUT2D eigenvalue weighted by molar-refractivity contribution is 0.00601. The highest BCUT2D eigenvalue weighted by atomic mass is 31.2. The second-order valence-electron chi connectivity index (χ2n) is 31.0. The first-order valence-corrected chi connectivity index (χ1v) is 44.8. The summed E-state index contributed by atoms with van der Waals surface area (Å²) in [5, 5.41) is 0. The van der Waals surface area contributed by atoms with Crippen LogP contribution in [0.1, 0.15) is 438 Å². The lowest BCUT2D eigenvalue weighted by Crippen LogP contribution is -2.38. The number of unbranched alkanes of at least 4 members (excludes halogenated alkanes) is 48. The molecule has 0 radical (unpaired) electrons. The Kier molecular flexibility index (Phi) is 55.7. The van der Waals surface area contributed by atoms with Gasteiger partial charge in [-0.3, -0.25) is 9.05 Å². The molecule has 0 aromatic heterocycles. The van der Waals surface area contributed by atoms with Crippen molar-refractivity contribution >= 4 is 17.2 Å². The number of rotatable bonds is 68. The summed E-state index contributed by atoms with van der Waals surface area (Å²) in [6, 6.07) is 17.8. The van der Waals surface area contributed by atoms with E-state index in [-0.39, 0.29) is 17.6 Å². The van der Waals surface area contributed by atoms with Crippen molar-refractivity contribution in [2.75, 3.05) is 13.2 Å². The summed E-state index contributed by atoms with van der Waals surface area (Å²) in [4.78, 5) is 0. The summed E-state index contributed by atoms with van der Waals surface area (Å²) in [6.07, 6.45) is 83.1. The SMILES string of the molecule is CCCCCCCCCCCCCCCOP(Oc1ccc(CCCCCCCCCCCCCCC)cc1)OC1CCC(C(C)(C)C2CCC(OP(OCCCCCCCCCCCCCCC)Oc3ccc(CCCCCCCCCCCCCCC)cc3)CC2)CC1. The number of aryl methyl sites for hydroxylation is 2. The Balaban J connectivity index is 1.21. The molecule has 0 aliphatic heterocycles. The van der Waals surface area contributed by atoms with Crippen molar-refractivity contribution in [1.82, 2.24) is 0 Å². The molecule has 2 unspecified atom stereocenters. The Morgan fingerprint density at radius 1 is 0.274 bits per heavy atom. The molecule has 0 heterocycles. The van der Waals surface area contributed by atoms with Crippen LogP contribution >= 0.6 is 17.2 Å². The monoisotopic (exact) mass is 1360 g/mol. The van der Waals surface area contributed by atoms with Gasteiger partial charge in [-0.1, -0.05) is 374 Å². The molecule has 0 saturated heterocycles. The van der Waals surface area contributed by atoms with Gasteiger partial charge in [-0.2, -0.15) is 0 Å². The van der Waals surface area contributed by atoms with Crippen LogP contribution in [0.15, 0.2) is 48.5 Å². The average Bonchev–Trinajstić information content (AvgIpc) is 0.845. The fourth-order valence-corrected chi connectivity index (χ4v) is 17.7. The lowest BCUT2D eigenvalue weighted by Gasteiger charge is -2.46. The van der Waals surface area contributed by atoms with Crippen LogP contribution in [-0.2, 0) is 30.9 Å². The predicted octanol–water partition coefficient (Wildman–Crippen LogP) is 31.3. The molecule has 8 heteroatoms. The van der Waals surface area contributed by atoms with E-state index in [1.54, 1.807) is 0 Å². The van der Waals surface area contributed by atoms with Crippen molar-refractivity contribution in [3.8, 4) is 11.5 Å². The van der Waals surface area contributed by atoms with Crippen molar-refractivity contribution < 1.29 is 27.1 Å². The quantitative estimate of drug-likeness (QED) is 0.0486. The third kappa shape index (κ3) is 46.1. The zero-order valence-electron chi connectivity index (χ0n) is 64.0. The largest absolute Gasteiger partial charge is 0.427 e. The van der Waals surface area contributed by atoms with Crippen molar-refractivity contribution in [1.29, 1.82) is 0 Å². The van der Waals surface area contributed by atoms with Crippen LogP contribution in [0.3, 0.4) is 0 Å². The number of hydrogen-bond acceptors (Lipinski definition) is 6. The van der Waals surface area contributed by atoms with E-state index in [1.807, 2.05) is 0 Å². The highest BCUT2D eigenvalue weighted by Gasteiger charge is 2.42. The van der Waals surface area contributed by atoms with Crippen LogP contribution in [-0.4, -0.2) is 25.4 Å². The summed E-state index contributed by atoms with van der Waals surface area (Å²) >= 11 is 0. The first-order chi connectivity index (χ1) is 46.8. The molecule has 0 N–H and O–H groups in total. The molecule has 2 atom stereocenters. The van der Waals surface area contributed by atoms with Gasteiger partial charge >= 0.3 is 17.2 Å². The van der Waals surface area contributed by atoms with Gasteiger partial charge in [0.15, 0.2) is 0 Å². The molecule has 2 fully saturated rings. The second-order valence-corrected chi connectivity index (χ2v) is 33.2. The lowest BCUT2D eigenvalue weighted by atomic mass is 9.60. The van der Waals surface area contributed by atoms with E-state index in [1.165, 1.54) is 358 Å². The topological polar surface area (TPSA) is 55.4 Å². The second kappa shape index (κ2) is 61.4. The minimum Gasteiger partial charge on any atom is -0.427 e. The first kappa shape index (κ1) is 86.1. The zero-order chi connectivity index (χ0) is 67.4. The van der Waals surface area contributed by atoms with Gasteiger partial charge in [-0.05, 0) is 143 Å². The van der Waals surface area contributed by atoms with Crippen LogP contribution in [0.2, 0.25) is 0 Å². The molecule has 2 aromatic rings. The van der Waals surface area contributed by atoms with Crippen molar-refractivity contribution in [3.63, 3.8) is 0 Å². The third-order valence-corrected chi connectivity index (χ3v) is 24.6. The van der Waals surface area contributed by atoms with Crippen molar-refractivity contribution in [2.45, 2.75) is 452 Å². The Labute approximate surface area is 594 Å². The Morgan fingerprint density at radius 2 is 0.484 bits per heavy atom. The molecular formula is C87H158O6P2. The molecule has 2 aliphatic rings. The molecule has 0 spiro atoms. The smallest absolute Gasteiger partial charge is 0.397 e. The maximum atomic E-state index is 6.91.